The van der Waals surface area contributed by atoms with E-state index in [4.69, 9.17) is 10.5 Å². The number of hydrogen-bond acceptors (Lipinski definition) is 8. The lowest BCUT2D eigenvalue weighted by molar-refractivity contribution is -0.386. The number of nitro benzene ring substituents is 2. The molecule has 2 aromatic carbocycles. The summed E-state index contributed by atoms with van der Waals surface area (Å²) in [6.45, 7) is 0. The molecule has 3 rings (SSSR count). The maximum Gasteiger partial charge on any atom is 0.280 e. The van der Waals surface area contributed by atoms with Gasteiger partial charge in [-0.2, -0.15) is 10.5 Å². The maximum absolute atomic E-state index is 12.7. The van der Waals surface area contributed by atoms with E-state index in [9.17, 15) is 28.6 Å². The van der Waals surface area contributed by atoms with Crippen LogP contribution in [0.5, 0.6) is 0 Å². The summed E-state index contributed by atoms with van der Waals surface area (Å²) in [4.78, 5) is 19.7. The zero-order valence-electron chi connectivity index (χ0n) is 12.0. The highest BCUT2D eigenvalue weighted by molar-refractivity contribution is 7.92. The number of sulfone groups is 1. The second-order valence-corrected chi connectivity index (χ2v) is 6.86. The third-order valence-corrected chi connectivity index (χ3v) is 5.45. The number of rotatable bonds is 2. The predicted octanol–water partition coefficient (Wildman–Crippen LogP) is 2.06. The van der Waals surface area contributed by atoms with Gasteiger partial charge in [0.05, 0.1) is 54.0 Å². The highest BCUT2D eigenvalue weighted by atomic mass is 32.2. The van der Waals surface area contributed by atoms with Crippen molar-refractivity contribution >= 4 is 21.2 Å². The van der Waals surface area contributed by atoms with Gasteiger partial charge < -0.3 is 0 Å². The van der Waals surface area contributed by atoms with Gasteiger partial charge in [-0.15, -0.1) is 0 Å². The molecule has 0 radical (unpaired) electrons. The van der Waals surface area contributed by atoms with Crippen molar-refractivity contribution < 1.29 is 18.3 Å². The molecule has 0 saturated carbocycles. The minimum Gasteiger partial charge on any atom is -0.258 e. The van der Waals surface area contributed by atoms with Crippen molar-refractivity contribution in [3.8, 4) is 23.3 Å². The molecule has 25 heavy (non-hydrogen) atoms. The molecule has 0 spiro atoms. The van der Waals surface area contributed by atoms with Crippen LogP contribution in [0.4, 0.5) is 11.4 Å². The van der Waals surface area contributed by atoms with Crippen molar-refractivity contribution in [1.82, 2.24) is 0 Å². The van der Waals surface area contributed by atoms with Crippen molar-refractivity contribution in [2.75, 3.05) is 0 Å². The average Bonchev–Trinajstić information content (AvgIpc) is 2.80. The van der Waals surface area contributed by atoms with Gasteiger partial charge in [-0.3, -0.25) is 20.2 Å². The highest BCUT2D eigenvalue weighted by Crippen LogP contribution is 2.52. The highest BCUT2D eigenvalue weighted by Gasteiger charge is 2.43. The summed E-state index contributed by atoms with van der Waals surface area (Å²) in [5, 5.41) is 40.6. The van der Waals surface area contributed by atoms with Gasteiger partial charge >= 0.3 is 0 Å². The van der Waals surface area contributed by atoms with Crippen LogP contribution in [0.1, 0.15) is 11.1 Å². The number of fused-ring (bicyclic) bond motifs is 3. The fourth-order valence-electron chi connectivity index (χ4n) is 2.66. The molecule has 1 heterocycles. The second kappa shape index (κ2) is 5.09. The molecule has 1 aliphatic heterocycles. The largest absolute Gasteiger partial charge is 0.280 e. The molecular formula is C14H4N4O6S. The molecule has 1 aliphatic rings. The molecule has 0 aromatic heterocycles. The van der Waals surface area contributed by atoms with Crippen LogP contribution in [0.25, 0.3) is 11.1 Å². The standard InChI is InChI=1S/C14H4N4O6S/c15-5-7-1-9(17(19)20)13-11(3-7)25(23,24)12-4-8(6-16)2-10(14(12)13)18(21)22/h1-4H. The summed E-state index contributed by atoms with van der Waals surface area (Å²) in [6.07, 6.45) is 0. The summed E-state index contributed by atoms with van der Waals surface area (Å²) in [5.41, 5.74) is -2.91. The lowest BCUT2D eigenvalue weighted by Gasteiger charge is -2.03. The van der Waals surface area contributed by atoms with E-state index in [-0.39, 0.29) is 11.1 Å². The topological polar surface area (TPSA) is 168 Å². The number of hydrogen-bond donors (Lipinski definition) is 0. The Bertz CT molecular complexity index is 1100. The lowest BCUT2D eigenvalue weighted by Crippen LogP contribution is -1.99. The number of nitriles is 2. The van der Waals surface area contributed by atoms with E-state index in [0.29, 0.717) is 0 Å². The molecule has 0 unspecified atom stereocenters. The van der Waals surface area contributed by atoms with E-state index >= 15 is 0 Å². The molecule has 0 fully saturated rings. The first-order chi connectivity index (χ1) is 11.7. The van der Waals surface area contributed by atoms with Gasteiger partial charge in [0.2, 0.25) is 9.84 Å². The quantitative estimate of drug-likeness (QED) is 0.496. The second-order valence-electron chi connectivity index (χ2n) is 4.98. The van der Waals surface area contributed by atoms with E-state index in [1.165, 1.54) is 0 Å². The van der Waals surface area contributed by atoms with E-state index in [1.807, 2.05) is 0 Å². The van der Waals surface area contributed by atoms with E-state index < -0.39 is 52.0 Å². The smallest absolute Gasteiger partial charge is 0.258 e. The fraction of sp³-hybridized carbons (Fsp3) is 0. The molecule has 2 aromatic rings. The van der Waals surface area contributed by atoms with Crippen molar-refractivity contribution in [1.29, 1.82) is 10.5 Å². The normalized spacial score (nSPS) is 13.2. The third kappa shape index (κ3) is 2.11. The van der Waals surface area contributed by atoms with Gasteiger partial charge in [-0.1, -0.05) is 0 Å². The van der Waals surface area contributed by atoms with E-state index in [0.717, 1.165) is 24.3 Å². The summed E-state index contributed by atoms with van der Waals surface area (Å²) < 4.78 is 25.4. The molecule has 0 bridgehead atoms. The van der Waals surface area contributed by atoms with Crippen LogP contribution in [0.2, 0.25) is 0 Å². The molecule has 0 saturated heterocycles. The Morgan fingerprint density at radius 2 is 1.16 bits per heavy atom. The molecular weight excluding hydrogens is 352 g/mol. The van der Waals surface area contributed by atoms with Gasteiger partial charge in [0.1, 0.15) is 0 Å². The number of nitrogens with zero attached hydrogens (tertiary/aromatic N) is 4. The molecule has 0 amide bonds. The van der Waals surface area contributed by atoms with Crippen LogP contribution in [-0.4, -0.2) is 18.3 Å². The van der Waals surface area contributed by atoms with Crippen LogP contribution in [0, 0.1) is 42.9 Å². The first kappa shape index (κ1) is 16.0. The summed E-state index contributed by atoms with van der Waals surface area (Å²) >= 11 is 0. The zero-order valence-corrected chi connectivity index (χ0v) is 12.8. The van der Waals surface area contributed by atoms with Gasteiger partial charge in [0.15, 0.2) is 0 Å². The van der Waals surface area contributed by atoms with Crippen molar-refractivity contribution in [3.63, 3.8) is 0 Å². The Kier molecular flexibility index (Phi) is 3.26. The first-order valence-electron chi connectivity index (χ1n) is 6.43. The minimum absolute atomic E-state index is 0.273. The zero-order chi connectivity index (χ0) is 18.5. The van der Waals surface area contributed by atoms with Crippen LogP contribution in [-0.2, 0) is 9.84 Å². The average molecular weight is 356 g/mol. The Hall–Kier alpha value is -3.83. The number of benzene rings is 2. The van der Waals surface area contributed by atoms with Crippen molar-refractivity contribution in [2.24, 2.45) is 0 Å². The molecule has 0 aliphatic carbocycles. The lowest BCUT2D eigenvalue weighted by atomic mass is 9.99. The first-order valence-corrected chi connectivity index (χ1v) is 7.91. The summed E-state index contributed by atoms with van der Waals surface area (Å²) in [6, 6.07) is 6.80. The van der Waals surface area contributed by atoms with Gasteiger partial charge in [0, 0.05) is 12.1 Å². The SMILES string of the molecule is N#Cc1cc([N+](=O)[O-])c2c(c1)S(=O)(=O)c1cc(C#N)cc([N+](=O)[O-])c1-2. The third-order valence-electron chi connectivity index (χ3n) is 3.64. The predicted molar refractivity (Wildman–Crippen MR) is 80.1 cm³/mol. The monoisotopic (exact) mass is 356 g/mol. The number of nitro groups is 2. The van der Waals surface area contributed by atoms with Crippen molar-refractivity contribution in [2.45, 2.75) is 9.79 Å². The molecule has 0 N–H and O–H groups in total. The minimum atomic E-state index is -4.35. The fourth-order valence-corrected chi connectivity index (χ4v) is 4.42. The summed E-state index contributed by atoms with van der Waals surface area (Å²) in [5.74, 6) is 0. The van der Waals surface area contributed by atoms with E-state index in [1.54, 1.807) is 12.1 Å². The van der Waals surface area contributed by atoms with Crippen LogP contribution in [0.3, 0.4) is 0 Å². The molecule has 10 nitrogen and oxygen atoms in total. The van der Waals surface area contributed by atoms with Gasteiger partial charge in [-0.05, 0) is 12.1 Å². The Morgan fingerprint density at radius 3 is 1.44 bits per heavy atom. The Balaban J connectivity index is 2.61. The molecule has 0 atom stereocenters. The van der Waals surface area contributed by atoms with Gasteiger partial charge in [0.25, 0.3) is 11.4 Å². The Morgan fingerprint density at radius 1 is 0.800 bits per heavy atom. The van der Waals surface area contributed by atoms with Crippen LogP contribution in [0.15, 0.2) is 34.1 Å². The Labute approximate surface area is 139 Å². The van der Waals surface area contributed by atoms with E-state index in [2.05, 4.69) is 0 Å². The van der Waals surface area contributed by atoms with Crippen molar-refractivity contribution in [3.05, 3.63) is 55.6 Å². The van der Waals surface area contributed by atoms with Crippen LogP contribution < -0.4 is 0 Å². The van der Waals surface area contributed by atoms with Gasteiger partial charge in [-0.25, -0.2) is 8.42 Å². The summed E-state index contributed by atoms with van der Waals surface area (Å²) in [7, 11) is -4.35. The maximum atomic E-state index is 12.7. The molecule has 122 valence electrons. The van der Waals surface area contributed by atoms with Crippen LogP contribution >= 0.6 is 0 Å². The molecule has 11 heteroatoms.